The molecule has 2 heterocycles. The lowest BCUT2D eigenvalue weighted by molar-refractivity contribution is 0.0983. The summed E-state index contributed by atoms with van der Waals surface area (Å²) in [6.07, 6.45) is 1.55. The van der Waals surface area contributed by atoms with Gasteiger partial charge < -0.3 is 9.15 Å². The summed E-state index contributed by atoms with van der Waals surface area (Å²) in [5.41, 5.74) is 1.10. The van der Waals surface area contributed by atoms with Crippen LogP contribution in [-0.2, 0) is 16.6 Å². The minimum Gasteiger partial charge on any atom is -0.494 e. The molecule has 4 aromatic rings. The Bertz CT molecular complexity index is 1410. The van der Waals surface area contributed by atoms with Crippen molar-refractivity contribution in [2.24, 2.45) is 0 Å². The summed E-state index contributed by atoms with van der Waals surface area (Å²) < 4.78 is 38.8. The van der Waals surface area contributed by atoms with Crippen LogP contribution in [0.15, 0.2) is 70.2 Å². The van der Waals surface area contributed by atoms with Gasteiger partial charge in [-0.15, -0.1) is 0 Å². The Balaban J connectivity index is 1.68. The number of benzene rings is 2. The van der Waals surface area contributed by atoms with Gasteiger partial charge in [-0.1, -0.05) is 11.3 Å². The molecule has 2 aromatic carbocycles. The van der Waals surface area contributed by atoms with Gasteiger partial charge in [0.15, 0.2) is 5.13 Å². The molecular formula is C25H27N3O5S2. The van der Waals surface area contributed by atoms with Crippen molar-refractivity contribution >= 4 is 42.6 Å². The fraction of sp³-hybridized carbons (Fsp3) is 0.280. The van der Waals surface area contributed by atoms with E-state index in [4.69, 9.17) is 9.15 Å². The van der Waals surface area contributed by atoms with Crippen molar-refractivity contribution in [1.29, 1.82) is 0 Å². The maximum absolute atomic E-state index is 13.6. The highest BCUT2D eigenvalue weighted by Crippen LogP contribution is 2.33. The van der Waals surface area contributed by atoms with Gasteiger partial charge in [0, 0.05) is 18.7 Å². The SMILES string of the molecule is CCOc1ccc2nc(N(Cc3ccco3)C(=O)c3ccc(S(=O)(=O)N(C)C(C)C)cc3)sc2c1. The van der Waals surface area contributed by atoms with E-state index < -0.39 is 10.0 Å². The number of ether oxygens (including phenoxy) is 1. The first-order valence-corrected chi connectivity index (χ1v) is 13.4. The average Bonchev–Trinajstić information content (AvgIpc) is 3.51. The molecule has 1 amide bonds. The number of hydrogen-bond donors (Lipinski definition) is 0. The number of amides is 1. The first-order valence-electron chi connectivity index (χ1n) is 11.2. The Labute approximate surface area is 208 Å². The van der Waals surface area contributed by atoms with E-state index in [1.54, 1.807) is 32.2 Å². The molecule has 35 heavy (non-hydrogen) atoms. The number of sulfonamides is 1. The summed E-state index contributed by atoms with van der Waals surface area (Å²) in [7, 11) is -2.11. The molecule has 0 aliphatic carbocycles. The van der Waals surface area contributed by atoms with Crippen molar-refractivity contribution in [2.45, 2.75) is 38.3 Å². The Morgan fingerprint density at radius 1 is 1.14 bits per heavy atom. The van der Waals surface area contributed by atoms with Crippen molar-refractivity contribution in [3.8, 4) is 5.75 Å². The lowest BCUT2D eigenvalue weighted by Gasteiger charge is -2.21. The minimum atomic E-state index is -3.65. The van der Waals surface area contributed by atoms with Crippen LogP contribution < -0.4 is 9.64 Å². The number of carbonyl (C=O) groups excluding carboxylic acids is 1. The smallest absolute Gasteiger partial charge is 0.260 e. The third kappa shape index (κ3) is 5.24. The second-order valence-corrected chi connectivity index (χ2v) is 11.2. The highest BCUT2D eigenvalue weighted by Gasteiger charge is 2.26. The van der Waals surface area contributed by atoms with E-state index in [0.717, 1.165) is 16.0 Å². The van der Waals surface area contributed by atoms with E-state index in [1.807, 2.05) is 25.1 Å². The number of anilines is 1. The molecule has 0 bridgehead atoms. The molecule has 0 N–H and O–H groups in total. The molecule has 0 aliphatic heterocycles. The highest BCUT2D eigenvalue weighted by atomic mass is 32.2. The van der Waals surface area contributed by atoms with Gasteiger partial charge in [-0.05, 0) is 75.4 Å². The first kappa shape index (κ1) is 24.9. The van der Waals surface area contributed by atoms with Crippen LogP contribution in [0.1, 0.15) is 36.9 Å². The average molecular weight is 514 g/mol. The van der Waals surface area contributed by atoms with Gasteiger partial charge in [-0.2, -0.15) is 4.31 Å². The van der Waals surface area contributed by atoms with E-state index in [0.29, 0.717) is 23.1 Å². The number of rotatable bonds is 9. The molecule has 8 nitrogen and oxygen atoms in total. The van der Waals surface area contributed by atoms with E-state index in [1.165, 1.54) is 51.9 Å². The number of nitrogens with zero attached hydrogens (tertiary/aromatic N) is 3. The predicted octanol–water partition coefficient (Wildman–Crippen LogP) is 5.16. The van der Waals surface area contributed by atoms with Gasteiger partial charge in [0.1, 0.15) is 11.5 Å². The van der Waals surface area contributed by atoms with Crippen LogP contribution >= 0.6 is 11.3 Å². The van der Waals surface area contributed by atoms with Gasteiger partial charge in [0.05, 0.1) is 34.5 Å². The van der Waals surface area contributed by atoms with E-state index in [-0.39, 0.29) is 23.4 Å². The molecule has 0 atom stereocenters. The summed E-state index contributed by atoms with van der Waals surface area (Å²) in [5, 5.41) is 0.506. The molecule has 0 saturated heterocycles. The van der Waals surface area contributed by atoms with Crippen LogP contribution in [-0.4, -0.2) is 43.3 Å². The maximum atomic E-state index is 13.6. The van der Waals surface area contributed by atoms with Crippen molar-refractivity contribution in [3.05, 3.63) is 72.2 Å². The molecular weight excluding hydrogens is 486 g/mol. The minimum absolute atomic E-state index is 0.131. The Hall–Kier alpha value is -3.21. The quantitative estimate of drug-likeness (QED) is 0.307. The van der Waals surface area contributed by atoms with Crippen LogP contribution in [0.25, 0.3) is 10.2 Å². The zero-order chi connectivity index (χ0) is 25.2. The van der Waals surface area contributed by atoms with Gasteiger partial charge in [0.25, 0.3) is 5.91 Å². The van der Waals surface area contributed by atoms with Crippen molar-refractivity contribution in [2.75, 3.05) is 18.6 Å². The number of hydrogen-bond acceptors (Lipinski definition) is 7. The van der Waals surface area contributed by atoms with Crippen LogP contribution in [0.4, 0.5) is 5.13 Å². The van der Waals surface area contributed by atoms with Crippen molar-refractivity contribution < 1.29 is 22.4 Å². The normalized spacial score (nSPS) is 11.9. The Morgan fingerprint density at radius 3 is 2.51 bits per heavy atom. The molecule has 10 heteroatoms. The van der Waals surface area contributed by atoms with Crippen LogP contribution in [0.3, 0.4) is 0 Å². The number of carbonyl (C=O) groups is 1. The standard InChI is InChI=1S/C25H27N3O5S2/c1-5-32-19-10-13-22-23(15-19)34-25(26-22)28(16-20-7-6-14-33-20)24(29)18-8-11-21(12-9-18)35(30,31)27(4)17(2)3/h6-15,17H,5,16H2,1-4H3. The highest BCUT2D eigenvalue weighted by molar-refractivity contribution is 7.89. The molecule has 0 unspecified atom stereocenters. The summed E-state index contributed by atoms with van der Waals surface area (Å²) >= 11 is 1.37. The van der Waals surface area contributed by atoms with Gasteiger partial charge in [-0.3, -0.25) is 9.69 Å². The second kappa shape index (κ2) is 10.2. The molecule has 4 rings (SSSR count). The Morgan fingerprint density at radius 2 is 1.89 bits per heavy atom. The van der Waals surface area contributed by atoms with E-state index in [9.17, 15) is 13.2 Å². The van der Waals surface area contributed by atoms with Crippen LogP contribution in [0.5, 0.6) is 5.75 Å². The largest absolute Gasteiger partial charge is 0.494 e. The zero-order valence-corrected chi connectivity index (χ0v) is 21.6. The van der Waals surface area contributed by atoms with Gasteiger partial charge >= 0.3 is 0 Å². The molecule has 184 valence electrons. The molecule has 0 radical (unpaired) electrons. The molecule has 0 saturated carbocycles. The number of thiazole rings is 1. The van der Waals surface area contributed by atoms with Crippen LogP contribution in [0, 0.1) is 0 Å². The number of fused-ring (bicyclic) bond motifs is 1. The molecule has 0 fully saturated rings. The van der Waals surface area contributed by atoms with E-state index >= 15 is 0 Å². The predicted molar refractivity (Wildman–Crippen MR) is 137 cm³/mol. The maximum Gasteiger partial charge on any atom is 0.260 e. The summed E-state index contributed by atoms with van der Waals surface area (Å²) in [6, 6.07) is 14.9. The third-order valence-electron chi connectivity index (χ3n) is 5.54. The number of aromatic nitrogens is 1. The summed E-state index contributed by atoms with van der Waals surface area (Å²) in [5.74, 6) is 1.03. The topological polar surface area (TPSA) is 93.0 Å². The van der Waals surface area contributed by atoms with E-state index in [2.05, 4.69) is 4.98 Å². The summed E-state index contributed by atoms with van der Waals surface area (Å²) in [4.78, 5) is 19.9. The van der Waals surface area contributed by atoms with Gasteiger partial charge in [-0.25, -0.2) is 13.4 Å². The van der Waals surface area contributed by atoms with Crippen molar-refractivity contribution in [3.63, 3.8) is 0 Å². The molecule has 2 aromatic heterocycles. The van der Waals surface area contributed by atoms with Gasteiger partial charge in [0.2, 0.25) is 10.0 Å². The third-order valence-corrected chi connectivity index (χ3v) is 8.62. The summed E-state index contributed by atoms with van der Waals surface area (Å²) in [6.45, 7) is 6.26. The molecule has 0 aliphatic rings. The zero-order valence-electron chi connectivity index (χ0n) is 20.0. The lowest BCUT2D eigenvalue weighted by Crippen LogP contribution is -2.33. The second-order valence-electron chi connectivity index (χ2n) is 8.17. The first-order chi connectivity index (χ1) is 16.7. The van der Waals surface area contributed by atoms with Crippen LogP contribution in [0.2, 0.25) is 0 Å². The number of furan rings is 1. The monoisotopic (exact) mass is 513 g/mol. The fourth-order valence-corrected chi connectivity index (χ4v) is 5.78. The molecule has 0 spiro atoms. The van der Waals surface area contributed by atoms with Crippen molar-refractivity contribution in [1.82, 2.24) is 9.29 Å². The Kier molecular flexibility index (Phi) is 7.25. The fourth-order valence-electron chi connectivity index (χ4n) is 3.42. The lowest BCUT2D eigenvalue weighted by atomic mass is 10.2.